The van der Waals surface area contributed by atoms with Crippen LogP contribution >= 0.6 is 0 Å². The van der Waals surface area contributed by atoms with Crippen LogP contribution < -0.4 is 4.90 Å². The van der Waals surface area contributed by atoms with Crippen LogP contribution in [0.5, 0.6) is 0 Å². The highest BCUT2D eigenvalue weighted by molar-refractivity contribution is 5.52. The Labute approximate surface area is 145 Å². The standard InChI is InChI=1S/C20H27NO3/c1-22-12-4-6-16-5-3-7-17(13-16)21-10-8-18(9-11-21)24-20-14-19(15-20)23-2/h3,5,7,13,18-20H,8-12,14-15H2,1-2H3. The van der Waals surface area contributed by atoms with Crippen molar-refractivity contribution in [2.75, 3.05) is 38.8 Å². The number of hydrogen-bond donors (Lipinski definition) is 0. The Balaban J connectivity index is 1.48. The minimum atomic E-state index is 0.397. The lowest BCUT2D eigenvalue weighted by Crippen LogP contribution is -2.43. The van der Waals surface area contributed by atoms with E-state index in [2.05, 4.69) is 34.9 Å². The largest absolute Gasteiger partial charge is 0.381 e. The zero-order chi connectivity index (χ0) is 16.8. The summed E-state index contributed by atoms with van der Waals surface area (Å²) in [6.45, 7) is 2.55. The highest BCUT2D eigenvalue weighted by atomic mass is 16.5. The first kappa shape index (κ1) is 17.3. The van der Waals surface area contributed by atoms with Gasteiger partial charge in [0, 0.05) is 38.6 Å². The number of piperidine rings is 1. The van der Waals surface area contributed by atoms with E-state index in [0.717, 1.165) is 44.3 Å². The van der Waals surface area contributed by atoms with E-state index in [9.17, 15) is 0 Å². The monoisotopic (exact) mass is 329 g/mol. The summed E-state index contributed by atoms with van der Waals surface area (Å²) in [5.74, 6) is 6.16. The number of benzene rings is 1. The van der Waals surface area contributed by atoms with Crippen molar-refractivity contribution in [1.82, 2.24) is 0 Å². The smallest absolute Gasteiger partial charge is 0.107 e. The molecular weight excluding hydrogens is 302 g/mol. The van der Waals surface area contributed by atoms with E-state index in [1.54, 1.807) is 14.2 Å². The molecule has 0 atom stereocenters. The molecule has 1 saturated heterocycles. The SMILES string of the molecule is COCC#Cc1cccc(N2CCC(OC3CC(OC)C3)CC2)c1. The molecule has 1 aliphatic carbocycles. The molecule has 0 amide bonds. The minimum Gasteiger partial charge on any atom is -0.381 e. The van der Waals surface area contributed by atoms with Crippen molar-refractivity contribution in [1.29, 1.82) is 0 Å². The molecule has 130 valence electrons. The van der Waals surface area contributed by atoms with Crippen molar-refractivity contribution < 1.29 is 14.2 Å². The molecule has 24 heavy (non-hydrogen) atoms. The Kier molecular flexibility index (Phi) is 6.14. The second-order valence-electron chi connectivity index (χ2n) is 6.56. The van der Waals surface area contributed by atoms with Crippen molar-refractivity contribution in [2.45, 2.75) is 44.0 Å². The predicted octanol–water partition coefficient (Wildman–Crippen LogP) is 2.85. The van der Waals surface area contributed by atoms with E-state index in [4.69, 9.17) is 14.2 Å². The summed E-state index contributed by atoms with van der Waals surface area (Å²) in [5.41, 5.74) is 2.30. The maximum absolute atomic E-state index is 6.19. The molecular formula is C20H27NO3. The van der Waals surface area contributed by atoms with Crippen molar-refractivity contribution in [3.63, 3.8) is 0 Å². The van der Waals surface area contributed by atoms with Gasteiger partial charge in [0.2, 0.25) is 0 Å². The molecule has 1 aliphatic heterocycles. The average Bonchev–Trinajstić information content (AvgIpc) is 2.59. The van der Waals surface area contributed by atoms with E-state index in [-0.39, 0.29) is 0 Å². The molecule has 4 nitrogen and oxygen atoms in total. The molecule has 2 fully saturated rings. The molecule has 0 unspecified atom stereocenters. The lowest BCUT2D eigenvalue weighted by atomic mass is 9.91. The van der Waals surface area contributed by atoms with E-state index in [1.807, 2.05) is 6.07 Å². The third-order valence-electron chi connectivity index (χ3n) is 4.87. The molecule has 0 spiro atoms. The van der Waals surface area contributed by atoms with Gasteiger partial charge in [-0.25, -0.2) is 0 Å². The fourth-order valence-electron chi connectivity index (χ4n) is 3.33. The van der Waals surface area contributed by atoms with Crippen LogP contribution in [0.3, 0.4) is 0 Å². The van der Waals surface area contributed by atoms with Gasteiger partial charge in [-0.15, -0.1) is 0 Å². The number of methoxy groups -OCH3 is 2. The maximum Gasteiger partial charge on any atom is 0.107 e. The predicted molar refractivity (Wildman–Crippen MR) is 95.3 cm³/mol. The summed E-state index contributed by atoms with van der Waals surface area (Å²) >= 11 is 0. The Morgan fingerprint density at radius 2 is 1.88 bits per heavy atom. The zero-order valence-electron chi connectivity index (χ0n) is 14.7. The Morgan fingerprint density at radius 3 is 2.58 bits per heavy atom. The summed E-state index contributed by atoms with van der Waals surface area (Å²) in [6.07, 6.45) is 5.51. The van der Waals surface area contributed by atoms with Crippen LogP contribution in [0.25, 0.3) is 0 Å². The number of nitrogens with zero attached hydrogens (tertiary/aromatic N) is 1. The lowest BCUT2D eigenvalue weighted by molar-refractivity contribution is -0.119. The van der Waals surface area contributed by atoms with E-state index in [1.165, 1.54) is 5.69 Å². The van der Waals surface area contributed by atoms with E-state index < -0.39 is 0 Å². The summed E-state index contributed by atoms with van der Waals surface area (Å²) in [5, 5.41) is 0. The molecule has 2 aliphatic rings. The van der Waals surface area contributed by atoms with Crippen LogP contribution in [-0.2, 0) is 14.2 Å². The van der Waals surface area contributed by atoms with Crippen molar-refractivity contribution in [3.8, 4) is 11.8 Å². The quantitative estimate of drug-likeness (QED) is 0.777. The van der Waals surface area contributed by atoms with Crippen molar-refractivity contribution >= 4 is 5.69 Å². The van der Waals surface area contributed by atoms with Gasteiger partial charge in [-0.2, -0.15) is 0 Å². The molecule has 1 heterocycles. The van der Waals surface area contributed by atoms with Gasteiger partial charge in [-0.1, -0.05) is 17.9 Å². The van der Waals surface area contributed by atoms with Crippen LogP contribution in [-0.4, -0.2) is 52.2 Å². The summed E-state index contributed by atoms with van der Waals surface area (Å²) in [6, 6.07) is 8.45. The topological polar surface area (TPSA) is 30.9 Å². The molecule has 0 bridgehead atoms. The number of hydrogen-bond acceptors (Lipinski definition) is 4. The molecule has 1 saturated carbocycles. The van der Waals surface area contributed by atoms with Gasteiger partial charge in [0.25, 0.3) is 0 Å². The molecule has 0 N–H and O–H groups in total. The zero-order valence-corrected chi connectivity index (χ0v) is 14.7. The van der Waals surface area contributed by atoms with Crippen molar-refractivity contribution in [3.05, 3.63) is 29.8 Å². The van der Waals surface area contributed by atoms with Crippen molar-refractivity contribution in [2.24, 2.45) is 0 Å². The number of anilines is 1. The minimum absolute atomic E-state index is 0.397. The number of rotatable bonds is 5. The maximum atomic E-state index is 6.19. The van der Waals surface area contributed by atoms with Crippen LogP contribution in [0.15, 0.2) is 24.3 Å². The highest BCUT2D eigenvalue weighted by Gasteiger charge is 2.32. The molecule has 0 aromatic heterocycles. The fourth-order valence-corrected chi connectivity index (χ4v) is 3.33. The second-order valence-corrected chi connectivity index (χ2v) is 6.56. The van der Waals surface area contributed by atoms with Gasteiger partial charge >= 0.3 is 0 Å². The molecule has 1 aromatic carbocycles. The molecule has 0 radical (unpaired) electrons. The average molecular weight is 329 g/mol. The normalized spacial score (nSPS) is 24.2. The van der Waals surface area contributed by atoms with E-state index in [0.29, 0.717) is 24.9 Å². The van der Waals surface area contributed by atoms with Crippen LogP contribution in [0.4, 0.5) is 5.69 Å². The summed E-state index contributed by atoms with van der Waals surface area (Å²) in [7, 11) is 3.45. The van der Waals surface area contributed by atoms with Gasteiger partial charge < -0.3 is 19.1 Å². The van der Waals surface area contributed by atoms with Gasteiger partial charge in [0.05, 0.1) is 18.3 Å². The Bertz CT molecular complexity index is 578. The Morgan fingerprint density at radius 1 is 1.08 bits per heavy atom. The van der Waals surface area contributed by atoms with Gasteiger partial charge in [-0.3, -0.25) is 0 Å². The second kappa shape index (κ2) is 8.53. The number of ether oxygens (including phenoxy) is 3. The van der Waals surface area contributed by atoms with Crippen LogP contribution in [0.1, 0.15) is 31.2 Å². The first-order valence-electron chi connectivity index (χ1n) is 8.79. The first-order valence-corrected chi connectivity index (χ1v) is 8.79. The summed E-state index contributed by atoms with van der Waals surface area (Å²) < 4.78 is 16.5. The molecule has 4 heteroatoms. The summed E-state index contributed by atoms with van der Waals surface area (Å²) in [4.78, 5) is 2.43. The lowest BCUT2D eigenvalue weighted by Gasteiger charge is -2.40. The Hall–Kier alpha value is -1.54. The molecule has 3 rings (SSSR count). The van der Waals surface area contributed by atoms with Crippen LogP contribution in [0, 0.1) is 11.8 Å². The molecule has 1 aromatic rings. The third-order valence-corrected chi connectivity index (χ3v) is 4.87. The third kappa shape index (κ3) is 4.51. The van der Waals surface area contributed by atoms with Gasteiger partial charge in [-0.05, 0) is 43.9 Å². The first-order chi connectivity index (χ1) is 11.8. The van der Waals surface area contributed by atoms with Gasteiger partial charge in [0.1, 0.15) is 6.61 Å². The van der Waals surface area contributed by atoms with Crippen LogP contribution in [0.2, 0.25) is 0 Å². The van der Waals surface area contributed by atoms with E-state index >= 15 is 0 Å². The highest BCUT2D eigenvalue weighted by Crippen LogP contribution is 2.30. The van der Waals surface area contributed by atoms with Gasteiger partial charge in [0.15, 0.2) is 0 Å². The fraction of sp³-hybridized carbons (Fsp3) is 0.600.